The van der Waals surface area contributed by atoms with E-state index in [2.05, 4.69) is 5.32 Å². The smallest absolute Gasteiger partial charge is 0.336 e. The molecule has 2 aromatic carbocycles. The van der Waals surface area contributed by atoms with Crippen molar-refractivity contribution in [1.82, 2.24) is 5.32 Å². The van der Waals surface area contributed by atoms with Gasteiger partial charge in [-0.3, -0.25) is 9.59 Å². The third-order valence-corrected chi connectivity index (χ3v) is 7.31. The van der Waals surface area contributed by atoms with Gasteiger partial charge >= 0.3 is 5.97 Å². The van der Waals surface area contributed by atoms with Crippen LogP contribution in [0.1, 0.15) is 36.5 Å². The molecule has 11 heteroatoms. The van der Waals surface area contributed by atoms with Gasteiger partial charge < -0.3 is 39.6 Å². The van der Waals surface area contributed by atoms with Gasteiger partial charge in [0.25, 0.3) is 0 Å². The molecule has 0 radical (unpaired) electrons. The average molecular weight is 578 g/mol. The Kier molecular flexibility index (Phi) is 8.55. The number of nitrogens with one attached hydrogen (secondary N) is 1. The third kappa shape index (κ3) is 5.72. The predicted molar refractivity (Wildman–Crippen MR) is 151 cm³/mol. The maximum absolute atomic E-state index is 12.5. The molecule has 5 atom stereocenters. The highest BCUT2D eigenvalue weighted by Gasteiger charge is 2.46. The molecule has 3 aliphatic rings. The highest BCUT2D eigenvalue weighted by Crippen LogP contribution is 2.42. The second-order valence-electron chi connectivity index (χ2n) is 10.2. The molecule has 0 spiro atoms. The fourth-order valence-electron chi connectivity index (χ4n) is 5.17. The van der Waals surface area contributed by atoms with Crippen molar-refractivity contribution in [3.05, 3.63) is 76.5 Å². The molecule has 2 aromatic rings. The molecule has 42 heavy (non-hydrogen) atoms. The van der Waals surface area contributed by atoms with Crippen LogP contribution < -0.4 is 15.5 Å². The number of aromatic carboxylic acids is 1. The molecule has 5 N–H and O–H groups in total. The van der Waals surface area contributed by atoms with Crippen LogP contribution in [-0.4, -0.2) is 69.6 Å². The van der Waals surface area contributed by atoms with Gasteiger partial charge in [-0.15, -0.1) is 0 Å². The van der Waals surface area contributed by atoms with E-state index in [0.29, 0.717) is 28.5 Å². The maximum atomic E-state index is 12.5. The van der Waals surface area contributed by atoms with Gasteiger partial charge in [-0.25, -0.2) is 4.79 Å². The molecule has 11 nitrogen and oxygen atoms in total. The number of carboxylic acids is 1. The Bertz CT molecular complexity index is 1630. The summed E-state index contributed by atoms with van der Waals surface area (Å²) in [5, 5.41) is 44.0. The number of carbonyl (C=O) groups is 2. The zero-order valence-corrected chi connectivity index (χ0v) is 22.7. The Labute approximate surface area is 240 Å². The fraction of sp³-hybridized carbons (Fsp3) is 0.323. The third-order valence-electron chi connectivity index (χ3n) is 7.31. The van der Waals surface area contributed by atoms with Crippen molar-refractivity contribution in [2.45, 2.75) is 56.8 Å². The van der Waals surface area contributed by atoms with Crippen molar-refractivity contribution in [2.24, 2.45) is 0 Å². The van der Waals surface area contributed by atoms with Gasteiger partial charge in [-0.2, -0.15) is 0 Å². The number of carbonyl (C=O) groups excluding carboxylic acids is 1. The lowest BCUT2D eigenvalue weighted by atomic mass is 9.91. The van der Waals surface area contributed by atoms with Crippen LogP contribution in [0.5, 0.6) is 5.75 Å². The zero-order valence-electron chi connectivity index (χ0n) is 22.7. The number of amides is 1. The van der Waals surface area contributed by atoms with Crippen LogP contribution in [0.4, 0.5) is 0 Å². The van der Waals surface area contributed by atoms with Crippen molar-refractivity contribution < 1.29 is 43.9 Å². The summed E-state index contributed by atoms with van der Waals surface area (Å²) in [4.78, 5) is 36.8. The van der Waals surface area contributed by atoms with Gasteiger partial charge in [-0.05, 0) is 42.3 Å². The standard InChI is InChI=1S/C31H31NO10/c1-2-3-8-25(35)32-27-29(37)28(36)24(15-33)42-31(27)40-17-10-12-21-23(14-17)41-22-13-16(34)9-11-20(22)26(21)18-6-4-5-7-19(18)30(38)39/h4-7,9-14,24,27-29,31,33,36-37H,2-3,8,15H2,1H3,(H,32,35)(H,38,39)/t24-,27-,28-,29-,31-/m1/s1. The fourth-order valence-corrected chi connectivity index (χ4v) is 5.17. The minimum Gasteiger partial charge on any atom is -0.478 e. The minimum atomic E-state index is -1.49. The summed E-state index contributed by atoms with van der Waals surface area (Å²) in [6, 6.07) is 14.4. The topological polar surface area (TPSA) is 176 Å². The molecule has 0 saturated carbocycles. The monoisotopic (exact) mass is 577 g/mol. The molecule has 1 saturated heterocycles. The summed E-state index contributed by atoms with van der Waals surface area (Å²) in [6.07, 6.45) is -3.80. The molecule has 0 unspecified atom stereocenters. The predicted octanol–water partition coefficient (Wildman–Crippen LogP) is 2.76. The molecule has 1 aliphatic carbocycles. The molecule has 220 valence electrons. The van der Waals surface area contributed by atoms with Gasteiger partial charge in [0.1, 0.15) is 41.4 Å². The van der Waals surface area contributed by atoms with E-state index in [1.54, 1.807) is 36.4 Å². The largest absolute Gasteiger partial charge is 0.478 e. The number of rotatable bonds is 9. The molecule has 0 bridgehead atoms. The first-order valence-electron chi connectivity index (χ1n) is 13.6. The van der Waals surface area contributed by atoms with Crippen LogP contribution in [0.2, 0.25) is 0 Å². The summed E-state index contributed by atoms with van der Waals surface area (Å²) in [6.45, 7) is 1.34. The van der Waals surface area contributed by atoms with Gasteiger partial charge in [0, 0.05) is 35.1 Å². The Hall–Kier alpha value is -4.29. The van der Waals surface area contributed by atoms with Gasteiger partial charge in [0.2, 0.25) is 12.2 Å². The van der Waals surface area contributed by atoms with Gasteiger partial charge in [-0.1, -0.05) is 31.5 Å². The summed E-state index contributed by atoms with van der Waals surface area (Å²) in [5.74, 6) is -1.05. The number of carboxylic acid groups (broad SMARTS) is 1. The molecule has 1 fully saturated rings. The number of ether oxygens (including phenoxy) is 2. The van der Waals surface area contributed by atoms with Gasteiger partial charge in [0.05, 0.1) is 12.2 Å². The van der Waals surface area contributed by atoms with E-state index in [1.807, 2.05) is 6.92 Å². The van der Waals surface area contributed by atoms with Crippen molar-refractivity contribution in [3.8, 4) is 28.2 Å². The number of benzene rings is 3. The first-order chi connectivity index (χ1) is 20.2. The maximum Gasteiger partial charge on any atom is 0.336 e. The van der Waals surface area contributed by atoms with Crippen molar-refractivity contribution in [1.29, 1.82) is 0 Å². The zero-order chi connectivity index (χ0) is 30.0. The summed E-state index contributed by atoms with van der Waals surface area (Å²) in [7, 11) is 0. The van der Waals surface area contributed by atoms with Crippen LogP contribution in [-0.2, 0) is 9.53 Å². The molecule has 0 aromatic heterocycles. The lowest BCUT2D eigenvalue weighted by Gasteiger charge is -2.42. The second-order valence-corrected chi connectivity index (χ2v) is 10.2. The summed E-state index contributed by atoms with van der Waals surface area (Å²) >= 11 is 0. The Morgan fingerprint density at radius 1 is 1.00 bits per heavy atom. The van der Waals surface area contributed by atoms with Crippen LogP contribution in [0.25, 0.3) is 33.4 Å². The van der Waals surface area contributed by atoms with E-state index in [4.69, 9.17) is 13.9 Å². The quantitative estimate of drug-likeness (QED) is 0.186. The lowest BCUT2D eigenvalue weighted by Crippen LogP contribution is -2.65. The van der Waals surface area contributed by atoms with Crippen molar-refractivity contribution in [3.63, 3.8) is 0 Å². The molecule has 2 heterocycles. The van der Waals surface area contributed by atoms with Crippen LogP contribution in [0, 0.1) is 0 Å². The molecular weight excluding hydrogens is 546 g/mol. The molecule has 1 amide bonds. The SMILES string of the molecule is CCCCC(=O)N[C@H]1[C@H](Oc2ccc3c(-c4ccccc4C(=O)O)c4ccc(=O)cc-4oc3c2)O[C@H](CO)[C@@H](O)[C@@H]1O. The summed E-state index contributed by atoms with van der Waals surface area (Å²) < 4.78 is 17.8. The van der Waals surface area contributed by atoms with Crippen LogP contribution in [0.15, 0.2) is 69.9 Å². The van der Waals surface area contributed by atoms with E-state index in [9.17, 15) is 34.8 Å². The van der Waals surface area contributed by atoms with E-state index in [0.717, 1.165) is 6.42 Å². The highest BCUT2D eigenvalue weighted by atomic mass is 16.7. The first kappa shape index (κ1) is 29.2. The number of hydrogen-bond donors (Lipinski definition) is 5. The van der Waals surface area contributed by atoms with E-state index >= 15 is 0 Å². The Morgan fingerprint density at radius 3 is 2.52 bits per heavy atom. The average Bonchev–Trinajstić information content (AvgIpc) is 2.98. The Balaban J connectivity index is 1.58. The highest BCUT2D eigenvalue weighted by molar-refractivity contribution is 6.07. The number of aliphatic hydroxyl groups excluding tert-OH is 3. The van der Waals surface area contributed by atoms with Gasteiger partial charge in [0.15, 0.2) is 5.43 Å². The number of unbranched alkanes of at least 4 members (excludes halogenated alkanes) is 1. The number of aliphatic hydroxyl groups is 3. The number of fused-ring (bicyclic) bond motifs is 2. The lowest BCUT2D eigenvalue weighted by molar-refractivity contribution is -0.244. The molecule has 5 rings (SSSR count). The Morgan fingerprint density at radius 2 is 1.79 bits per heavy atom. The minimum absolute atomic E-state index is 0.0673. The second kappa shape index (κ2) is 12.3. The summed E-state index contributed by atoms with van der Waals surface area (Å²) in [5.41, 5.74) is 1.55. The van der Waals surface area contributed by atoms with Crippen LogP contribution in [0.3, 0.4) is 0 Å². The molecular formula is C31H31NO10. The van der Waals surface area contributed by atoms with Crippen molar-refractivity contribution >= 4 is 22.8 Å². The van der Waals surface area contributed by atoms with E-state index in [1.165, 1.54) is 24.3 Å². The van der Waals surface area contributed by atoms with E-state index < -0.39 is 43.2 Å². The molecule has 2 aliphatic heterocycles. The van der Waals surface area contributed by atoms with Crippen molar-refractivity contribution in [2.75, 3.05) is 6.61 Å². The van der Waals surface area contributed by atoms with E-state index in [-0.39, 0.29) is 40.4 Å². The number of hydrogen-bond acceptors (Lipinski definition) is 9. The normalized spacial score (nSPS) is 22.2. The van der Waals surface area contributed by atoms with Crippen LogP contribution >= 0.6 is 0 Å². The first-order valence-corrected chi connectivity index (χ1v) is 13.6.